The number of alkyl halides is 3. The van der Waals surface area contributed by atoms with Crippen LogP contribution in [0.4, 0.5) is 13.2 Å². The normalized spacial score (nSPS) is 12.9. The quantitative estimate of drug-likeness (QED) is 0.706. The van der Waals surface area contributed by atoms with Gasteiger partial charge in [0.1, 0.15) is 12.4 Å². The highest BCUT2D eigenvalue weighted by Gasteiger charge is 2.19. The van der Waals surface area contributed by atoms with Crippen molar-refractivity contribution >= 4 is 0 Å². The molecule has 1 unspecified atom stereocenters. The van der Waals surface area contributed by atoms with Crippen LogP contribution in [0.3, 0.4) is 0 Å². The van der Waals surface area contributed by atoms with E-state index in [-0.39, 0.29) is 0 Å². The molecule has 0 aliphatic heterocycles. The Morgan fingerprint density at radius 2 is 2.15 bits per heavy atom. The molecule has 0 spiro atoms. The molecule has 1 atom stereocenters. The summed E-state index contributed by atoms with van der Waals surface area (Å²) < 4.78 is 40.4. The van der Waals surface area contributed by atoms with Crippen molar-refractivity contribution in [3.05, 3.63) is 30.3 Å². The summed E-state index contributed by atoms with van der Waals surface area (Å²) in [7, 11) is 0. The number of ether oxygens (including phenoxy) is 1. The summed E-state index contributed by atoms with van der Waals surface area (Å²) in [5, 5.41) is 0. The monoisotopic (exact) mass is 189 g/mol. The molecule has 1 aromatic carbocycles. The van der Waals surface area contributed by atoms with Gasteiger partial charge in [-0.3, -0.25) is 0 Å². The Morgan fingerprint density at radius 1 is 1.38 bits per heavy atom. The first-order valence-electron chi connectivity index (χ1n) is 3.71. The maximum Gasteiger partial charge on any atom is 0.272 e. The van der Waals surface area contributed by atoms with Crippen LogP contribution in [0, 0.1) is 6.07 Å². The predicted octanol–water partition coefficient (Wildman–Crippen LogP) is 2.47. The first kappa shape index (κ1) is 9.89. The van der Waals surface area contributed by atoms with Gasteiger partial charge in [0.25, 0.3) is 6.43 Å². The maximum absolute atomic E-state index is 12.3. The molecule has 0 N–H and O–H groups in total. The van der Waals surface area contributed by atoms with Crippen LogP contribution in [0.2, 0.25) is 0 Å². The molecule has 0 saturated heterocycles. The molecule has 0 aliphatic carbocycles. The number of hydrogen-bond donors (Lipinski definition) is 0. The smallest absolute Gasteiger partial charge is 0.272 e. The van der Waals surface area contributed by atoms with E-state index in [9.17, 15) is 13.2 Å². The van der Waals surface area contributed by atoms with Gasteiger partial charge < -0.3 is 4.74 Å². The van der Waals surface area contributed by atoms with Gasteiger partial charge in [-0.1, -0.05) is 12.1 Å². The summed E-state index contributed by atoms with van der Waals surface area (Å²) in [6, 6.07) is 8.95. The summed E-state index contributed by atoms with van der Waals surface area (Å²) in [6.45, 7) is -0.629. The second-order valence-electron chi connectivity index (χ2n) is 2.40. The second-order valence-corrected chi connectivity index (χ2v) is 2.40. The Bertz CT molecular complexity index is 238. The predicted molar refractivity (Wildman–Crippen MR) is 41.7 cm³/mol. The SMILES string of the molecule is FC(F)C(F)COc1c[c]ccc1. The minimum absolute atomic E-state index is 0.339. The van der Waals surface area contributed by atoms with Crippen LogP contribution >= 0.6 is 0 Å². The lowest BCUT2D eigenvalue weighted by molar-refractivity contribution is 0.0231. The van der Waals surface area contributed by atoms with Crippen molar-refractivity contribution in [2.45, 2.75) is 12.6 Å². The van der Waals surface area contributed by atoms with Crippen LogP contribution in [0.15, 0.2) is 24.3 Å². The molecule has 71 valence electrons. The zero-order valence-electron chi connectivity index (χ0n) is 6.71. The molecule has 0 heterocycles. The number of rotatable bonds is 4. The fourth-order valence-electron chi connectivity index (χ4n) is 0.715. The minimum Gasteiger partial charge on any atom is -0.490 e. The second kappa shape index (κ2) is 4.74. The van der Waals surface area contributed by atoms with Gasteiger partial charge in [0.05, 0.1) is 0 Å². The van der Waals surface area contributed by atoms with E-state index in [1.54, 1.807) is 18.2 Å². The van der Waals surface area contributed by atoms with E-state index in [4.69, 9.17) is 4.74 Å². The lowest BCUT2D eigenvalue weighted by Gasteiger charge is -2.08. The largest absolute Gasteiger partial charge is 0.490 e. The third kappa shape index (κ3) is 3.36. The molecule has 0 amide bonds. The zero-order chi connectivity index (χ0) is 9.68. The average molecular weight is 189 g/mol. The van der Waals surface area contributed by atoms with Gasteiger partial charge in [0.2, 0.25) is 0 Å². The highest BCUT2D eigenvalue weighted by Crippen LogP contribution is 2.11. The Kier molecular flexibility index (Phi) is 3.61. The topological polar surface area (TPSA) is 9.23 Å². The van der Waals surface area contributed by atoms with E-state index in [0.29, 0.717) is 5.75 Å². The molecule has 13 heavy (non-hydrogen) atoms. The third-order valence-corrected chi connectivity index (χ3v) is 1.36. The minimum atomic E-state index is -2.99. The van der Waals surface area contributed by atoms with Gasteiger partial charge in [0.15, 0.2) is 6.17 Å². The maximum atomic E-state index is 12.3. The van der Waals surface area contributed by atoms with Gasteiger partial charge in [0, 0.05) is 0 Å². The lowest BCUT2D eigenvalue weighted by Crippen LogP contribution is -2.20. The third-order valence-electron chi connectivity index (χ3n) is 1.36. The Hall–Kier alpha value is -1.19. The van der Waals surface area contributed by atoms with Crippen LogP contribution in [0.5, 0.6) is 5.75 Å². The first-order chi connectivity index (χ1) is 6.20. The van der Waals surface area contributed by atoms with E-state index in [0.717, 1.165) is 0 Å². The van der Waals surface area contributed by atoms with E-state index in [1.807, 2.05) is 0 Å². The van der Waals surface area contributed by atoms with Gasteiger partial charge in [-0.15, -0.1) is 0 Å². The van der Waals surface area contributed by atoms with Crippen LogP contribution in [0.25, 0.3) is 0 Å². The van der Waals surface area contributed by atoms with Crippen molar-refractivity contribution < 1.29 is 17.9 Å². The fraction of sp³-hybridized carbons (Fsp3) is 0.333. The molecule has 4 heteroatoms. The summed E-state index contributed by atoms with van der Waals surface area (Å²) in [6.07, 6.45) is -5.23. The summed E-state index contributed by atoms with van der Waals surface area (Å²) in [5.74, 6) is 0.339. The van der Waals surface area contributed by atoms with Crippen molar-refractivity contribution in [2.75, 3.05) is 6.61 Å². The van der Waals surface area contributed by atoms with E-state index in [2.05, 4.69) is 6.07 Å². The van der Waals surface area contributed by atoms with Crippen molar-refractivity contribution in [1.82, 2.24) is 0 Å². The van der Waals surface area contributed by atoms with Crippen molar-refractivity contribution in [3.63, 3.8) is 0 Å². The summed E-state index contributed by atoms with van der Waals surface area (Å²) in [5.41, 5.74) is 0. The molecule has 1 aromatic rings. The van der Waals surface area contributed by atoms with Crippen molar-refractivity contribution in [2.24, 2.45) is 0 Å². The summed E-state index contributed by atoms with van der Waals surface area (Å²) >= 11 is 0. The molecule has 1 rings (SSSR count). The fourth-order valence-corrected chi connectivity index (χ4v) is 0.715. The Morgan fingerprint density at radius 3 is 2.69 bits per heavy atom. The van der Waals surface area contributed by atoms with Gasteiger partial charge in [-0.05, 0) is 18.2 Å². The zero-order valence-corrected chi connectivity index (χ0v) is 6.71. The summed E-state index contributed by atoms with van der Waals surface area (Å²) in [4.78, 5) is 0. The molecule has 1 nitrogen and oxygen atoms in total. The van der Waals surface area contributed by atoms with Crippen LogP contribution in [-0.2, 0) is 0 Å². The van der Waals surface area contributed by atoms with Crippen molar-refractivity contribution in [3.8, 4) is 5.75 Å². The highest BCUT2D eigenvalue weighted by molar-refractivity contribution is 5.19. The lowest BCUT2D eigenvalue weighted by atomic mass is 10.3. The molecule has 0 aliphatic rings. The molecular formula is C9H8F3O. The number of halogens is 3. The highest BCUT2D eigenvalue weighted by atomic mass is 19.3. The first-order valence-corrected chi connectivity index (χ1v) is 3.71. The Balaban J connectivity index is 2.35. The molecule has 0 bridgehead atoms. The molecule has 1 radical (unpaired) electrons. The number of hydrogen-bond acceptors (Lipinski definition) is 1. The average Bonchev–Trinajstić information content (AvgIpc) is 2.15. The molecule has 0 aromatic heterocycles. The van der Waals surface area contributed by atoms with E-state index < -0.39 is 19.2 Å². The molecule has 0 saturated carbocycles. The van der Waals surface area contributed by atoms with Gasteiger partial charge >= 0.3 is 0 Å². The molecule has 0 fully saturated rings. The van der Waals surface area contributed by atoms with Crippen molar-refractivity contribution in [1.29, 1.82) is 0 Å². The van der Waals surface area contributed by atoms with E-state index in [1.165, 1.54) is 6.07 Å². The Labute approximate surface area is 74.1 Å². The van der Waals surface area contributed by atoms with Crippen LogP contribution < -0.4 is 4.74 Å². The molecular weight excluding hydrogens is 181 g/mol. The van der Waals surface area contributed by atoms with E-state index >= 15 is 0 Å². The van der Waals surface area contributed by atoms with Gasteiger partial charge in [-0.2, -0.15) is 0 Å². The van der Waals surface area contributed by atoms with Crippen LogP contribution in [0.1, 0.15) is 0 Å². The number of benzene rings is 1. The van der Waals surface area contributed by atoms with Crippen LogP contribution in [-0.4, -0.2) is 19.2 Å². The standard InChI is InChI=1S/C9H8F3O/c10-8(9(11)12)6-13-7-4-2-1-3-5-7/h1-2,4-5,8-9H,6H2. The van der Waals surface area contributed by atoms with Gasteiger partial charge in [-0.25, -0.2) is 13.2 Å².